The highest BCUT2D eigenvalue weighted by molar-refractivity contribution is 7.91. The van der Waals surface area contributed by atoms with Crippen molar-refractivity contribution in [3.8, 4) is 17.0 Å². The van der Waals surface area contributed by atoms with E-state index >= 15 is 0 Å². The van der Waals surface area contributed by atoms with Crippen molar-refractivity contribution in [2.75, 3.05) is 24.4 Å². The highest BCUT2D eigenvalue weighted by atomic mass is 32.2. The van der Waals surface area contributed by atoms with E-state index in [1.54, 1.807) is 60.8 Å². The first-order valence-corrected chi connectivity index (χ1v) is 12.6. The zero-order valence-electron chi connectivity index (χ0n) is 19.3. The van der Waals surface area contributed by atoms with Crippen molar-refractivity contribution in [3.05, 3.63) is 76.8 Å². The molecule has 0 spiro atoms. The predicted molar refractivity (Wildman–Crippen MR) is 138 cm³/mol. The fourth-order valence-corrected chi connectivity index (χ4v) is 5.18. The molecule has 36 heavy (non-hydrogen) atoms. The number of aromatic nitrogens is 1. The minimum Gasteiger partial charge on any atom is -0.566 e. The average Bonchev–Trinajstić information content (AvgIpc) is 2.91. The molecule has 0 radical (unpaired) electrons. The summed E-state index contributed by atoms with van der Waals surface area (Å²) in [4.78, 5) is 30.7. The van der Waals surface area contributed by atoms with Gasteiger partial charge in [0.2, 0.25) is 11.5 Å². The number of nitrogens with zero attached hydrogens (tertiary/aromatic N) is 4. The van der Waals surface area contributed by atoms with Crippen LogP contribution in [0.15, 0.2) is 70.4 Å². The number of amidine groups is 1. The lowest BCUT2D eigenvalue weighted by Crippen LogP contribution is -2.41. The number of rotatable bonds is 6. The van der Waals surface area contributed by atoms with Crippen LogP contribution < -0.4 is 15.2 Å². The highest BCUT2D eigenvalue weighted by Crippen LogP contribution is 2.32. The minimum absolute atomic E-state index is 0.0972. The maximum Gasteiger partial charge on any atom is 0.253 e. The zero-order chi connectivity index (χ0) is 25.1. The first-order chi connectivity index (χ1) is 17.5. The van der Waals surface area contributed by atoms with E-state index < -0.39 is 11.5 Å². The summed E-state index contributed by atoms with van der Waals surface area (Å²) in [6, 6.07) is 15.7. The van der Waals surface area contributed by atoms with Gasteiger partial charge in [-0.3, -0.25) is 9.78 Å². The number of nitroso groups, excluding NO2 is 1. The van der Waals surface area contributed by atoms with Crippen molar-refractivity contribution >= 4 is 34.7 Å². The molecule has 2 aliphatic rings. The van der Waals surface area contributed by atoms with Gasteiger partial charge < -0.3 is 19.9 Å². The van der Waals surface area contributed by atoms with Crippen LogP contribution in [0.3, 0.4) is 0 Å². The largest absolute Gasteiger partial charge is 0.566 e. The number of fused-ring (bicyclic) bond motifs is 1. The van der Waals surface area contributed by atoms with Crippen LogP contribution in [-0.2, 0) is 11.5 Å². The summed E-state index contributed by atoms with van der Waals surface area (Å²) in [7, 11) is 0. The van der Waals surface area contributed by atoms with Gasteiger partial charge in [0.1, 0.15) is 11.4 Å². The molecule has 3 N–H and O–H groups in total. The van der Waals surface area contributed by atoms with Gasteiger partial charge in [-0.05, 0) is 52.7 Å². The van der Waals surface area contributed by atoms with E-state index in [4.69, 9.17) is 10.5 Å². The third kappa shape index (κ3) is 4.88. The van der Waals surface area contributed by atoms with Gasteiger partial charge in [-0.25, -0.2) is 0 Å². The third-order valence-corrected chi connectivity index (χ3v) is 6.98. The van der Waals surface area contributed by atoms with E-state index in [9.17, 15) is 14.3 Å². The summed E-state index contributed by atoms with van der Waals surface area (Å²) in [6.07, 6.45) is 3.34. The molecular weight excluding hydrogens is 480 g/mol. The molecule has 1 aromatic heterocycles. The number of pyridine rings is 1. The van der Waals surface area contributed by atoms with Gasteiger partial charge in [0.05, 0.1) is 23.6 Å². The van der Waals surface area contributed by atoms with Crippen LogP contribution in [0, 0.1) is 10.8 Å². The maximum atomic E-state index is 13.3. The van der Waals surface area contributed by atoms with Crippen molar-refractivity contribution in [1.82, 2.24) is 9.88 Å². The summed E-state index contributed by atoms with van der Waals surface area (Å²) in [5.41, 5.74) is 9.09. The average molecular weight is 505 g/mol. The molecule has 0 aliphatic carbocycles. The van der Waals surface area contributed by atoms with Crippen LogP contribution in [0.2, 0.25) is 0 Å². The zero-order valence-corrected chi connectivity index (χ0v) is 20.1. The smallest absolute Gasteiger partial charge is 0.253 e. The van der Waals surface area contributed by atoms with Crippen molar-refractivity contribution in [3.63, 3.8) is 0 Å². The van der Waals surface area contributed by atoms with Crippen LogP contribution >= 0.6 is 0 Å². The van der Waals surface area contributed by atoms with E-state index in [2.05, 4.69) is 19.3 Å². The number of ether oxygens (including phenoxy) is 1. The van der Waals surface area contributed by atoms with E-state index in [-0.39, 0.29) is 23.3 Å². The van der Waals surface area contributed by atoms with Crippen molar-refractivity contribution < 1.29 is 14.1 Å². The molecule has 0 saturated carbocycles. The Labute approximate surface area is 211 Å². The van der Waals surface area contributed by atoms with Gasteiger partial charge >= 0.3 is 0 Å². The fraction of sp³-hybridized carbons (Fsp3) is 0.240. The van der Waals surface area contributed by atoms with Gasteiger partial charge in [0.15, 0.2) is 5.84 Å². The Morgan fingerprint density at radius 3 is 2.97 bits per heavy atom. The summed E-state index contributed by atoms with van der Waals surface area (Å²) in [5, 5.41) is 3.07. The molecule has 1 saturated heterocycles. The van der Waals surface area contributed by atoms with Crippen LogP contribution in [0.1, 0.15) is 28.8 Å². The van der Waals surface area contributed by atoms with Crippen molar-refractivity contribution in [2.45, 2.75) is 12.8 Å². The van der Waals surface area contributed by atoms with Gasteiger partial charge in [-0.1, -0.05) is 24.3 Å². The van der Waals surface area contributed by atoms with Gasteiger partial charge in [-0.2, -0.15) is 4.72 Å². The molecule has 5 rings (SSSR count). The molecule has 1 fully saturated rings. The van der Waals surface area contributed by atoms with E-state index in [0.29, 0.717) is 53.5 Å². The fourth-order valence-electron chi connectivity index (χ4n) is 4.51. The number of nitrogens with two attached hydrogens (primary N) is 1. The number of likely N-dealkylation sites (tertiary alicyclic amines) is 1. The second-order valence-electron chi connectivity index (χ2n) is 8.62. The second kappa shape index (κ2) is 10.3. The lowest BCUT2D eigenvalue weighted by atomic mass is 9.98. The predicted octanol–water partition coefficient (Wildman–Crippen LogP) is 3.79. The summed E-state index contributed by atoms with van der Waals surface area (Å²) in [5.74, 6) is 0.754. The monoisotopic (exact) mass is 504 g/mol. The molecular formula is C25H24N6O4S. The number of carbonyl (C=O) groups is 1. The molecule has 1 unspecified atom stereocenters. The Kier molecular flexibility index (Phi) is 6.83. The summed E-state index contributed by atoms with van der Waals surface area (Å²) < 4.78 is 24.5. The van der Waals surface area contributed by atoms with E-state index in [0.717, 1.165) is 12.8 Å². The standard InChI is InChI=1S/C25H24N6O4S/c26-24-23-20(29-36(34)30-24)8-3-9-22(23)35-15-16-5-4-12-31(14-16)25(32)17-10-11-27-21(13-17)18-6-1-2-7-19(18)28-33/h1-3,6-11,13,16,29H,4-5,12,14-15H2,(H2,26,30)/t16-,36?/m0/s1. The molecule has 10 nitrogen and oxygen atoms in total. The number of hydrogen-bond acceptors (Lipinski definition) is 9. The number of carbonyl (C=O) groups excluding carboxylic acids is 1. The van der Waals surface area contributed by atoms with Gasteiger partial charge in [-0.15, -0.1) is 4.91 Å². The number of piperidine rings is 1. The number of amides is 1. The lowest BCUT2D eigenvalue weighted by Gasteiger charge is -2.33. The Morgan fingerprint density at radius 2 is 2.11 bits per heavy atom. The van der Waals surface area contributed by atoms with E-state index in [1.165, 1.54) is 0 Å². The number of nitrogens with one attached hydrogen (secondary N) is 1. The number of anilines is 1. The molecule has 11 heteroatoms. The molecule has 3 aromatic rings. The van der Waals surface area contributed by atoms with Crippen LogP contribution in [0.4, 0.5) is 11.4 Å². The molecule has 2 atom stereocenters. The summed E-state index contributed by atoms with van der Waals surface area (Å²) >= 11 is -1.60. The third-order valence-electron chi connectivity index (χ3n) is 6.23. The molecule has 2 aromatic carbocycles. The SMILES string of the molecule is NC1=N[S+]([O-])Nc2cccc(OC[C@H]3CCCN(C(=O)c4ccnc(-c5ccccc5N=O)c4)C3)c21. The normalized spacial score (nSPS) is 19.0. The molecule has 2 aliphatic heterocycles. The van der Waals surface area contributed by atoms with Crippen LogP contribution in [0.5, 0.6) is 5.75 Å². The van der Waals surface area contributed by atoms with Crippen LogP contribution in [0.25, 0.3) is 11.3 Å². The second-order valence-corrected chi connectivity index (χ2v) is 9.50. The number of hydrogen-bond donors (Lipinski definition) is 2. The van der Waals surface area contributed by atoms with Gasteiger partial charge in [0, 0.05) is 36.3 Å². The lowest BCUT2D eigenvalue weighted by molar-refractivity contribution is 0.0633. The molecule has 0 bridgehead atoms. The number of benzene rings is 2. The molecule has 184 valence electrons. The molecule has 1 amide bonds. The van der Waals surface area contributed by atoms with Crippen molar-refractivity contribution in [2.24, 2.45) is 21.2 Å². The quantitative estimate of drug-likeness (QED) is 0.384. The van der Waals surface area contributed by atoms with Gasteiger partial charge in [0.25, 0.3) is 5.91 Å². The minimum atomic E-state index is -1.60. The first kappa shape index (κ1) is 23.8. The summed E-state index contributed by atoms with van der Waals surface area (Å²) in [6.45, 7) is 1.59. The Morgan fingerprint density at radius 1 is 1.25 bits per heavy atom. The Hall–Kier alpha value is -3.96. The first-order valence-electron chi connectivity index (χ1n) is 11.5. The maximum absolute atomic E-state index is 13.3. The van der Waals surface area contributed by atoms with Crippen molar-refractivity contribution in [1.29, 1.82) is 0 Å². The highest BCUT2D eigenvalue weighted by Gasteiger charge is 2.28. The van der Waals surface area contributed by atoms with E-state index in [1.807, 2.05) is 4.90 Å². The topological polar surface area (TPSA) is 145 Å². The molecule has 3 heterocycles. The Balaban J connectivity index is 1.28. The Bertz CT molecular complexity index is 1330. The van der Waals surface area contributed by atoms with Crippen LogP contribution in [-0.4, -0.2) is 45.9 Å².